The second-order valence-electron chi connectivity index (χ2n) is 6.34. The van der Waals surface area contributed by atoms with Gasteiger partial charge in [-0.1, -0.05) is 18.2 Å². The predicted molar refractivity (Wildman–Crippen MR) is 95.6 cm³/mol. The second kappa shape index (κ2) is 7.42. The highest BCUT2D eigenvalue weighted by Crippen LogP contribution is 2.25. The third-order valence-corrected chi connectivity index (χ3v) is 4.55. The van der Waals surface area contributed by atoms with Crippen LogP contribution in [0, 0.1) is 0 Å². The average molecular weight is 341 g/mol. The molecule has 0 radical (unpaired) electrons. The molecular weight excluding hydrogens is 318 g/mol. The number of carbonyl (C=O) groups excluding carboxylic acids is 2. The molecule has 0 aliphatic carbocycles. The van der Waals surface area contributed by atoms with Crippen molar-refractivity contribution in [2.24, 2.45) is 12.8 Å². The number of nitrogens with two attached hydrogens (primary N) is 1. The summed E-state index contributed by atoms with van der Waals surface area (Å²) in [6.07, 6.45) is 5.17. The number of primary amides is 1. The first-order valence-corrected chi connectivity index (χ1v) is 8.52. The zero-order valence-corrected chi connectivity index (χ0v) is 14.4. The Balaban J connectivity index is 1.71. The molecule has 1 aromatic heterocycles. The van der Waals surface area contributed by atoms with Gasteiger partial charge in [0.2, 0.25) is 5.91 Å². The highest BCUT2D eigenvalue weighted by molar-refractivity contribution is 5.96. The third kappa shape index (κ3) is 3.84. The monoisotopic (exact) mass is 341 g/mol. The van der Waals surface area contributed by atoms with E-state index in [0.29, 0.717) is 11.3 Å². The molecule has 1 aliphatic rings. The van der Waals surface area contributed by atoms with Crippen molar-refractivity contribution in [2.45, 2.75) is 25.9 Å². The number of piperidine rings is 1. The summed E-state index contributed by atoms with van der Waals surface area (Å²) in [5, 5.41) is 0. The number of nitrogens with zero attached hydrogens (tertiary/aromatic N) is 2. The Bertz CT molecular complexity index is 776. The first-order chi connectivity index (χ1) is 12.1. The molecule has 2 aromatic rings. The van der Waals surface area contributed by atoms with Crippen molar-refractivity contribution in [3.05, 3.63) is 53.3 Å². The fourth-order valence-electron chi connectivity index (χ4n) is 3.20. The van der Waals surface area contributed by atoms with Crippen LogP contribution in [-0.2, 0) is 18.4 Å². The van der Waals surface area contributed by atoms with Crippen molar-refractivity contribution < 1.29 is 14.3 Å². The fraction of sp³-hybridized carbons (Fsp3) is 0.368. The minimum atomic E-state index is -0.565. The SMILES string of the molecule is Cn1cc(C(N)=O)cc1C(=O)OCc1ccccc1N1CCCCC1. The quantitative estimate of drug-likeness (QED) is 0.848. The van der Waals surface area contributed by atoms with Gasteiger partial charge in [0.1, 0.15) is 12.3 Å². The zero-order chi connectivity index (χ0) is 17.8. The van der Waals surface area contributed by atoms with E-state index in [1.807, 2.05) is 18.2 Å². The van der Waals surface area contributed by atoms with E-state index in [2.05, 4.69) is 11.0 Å². The molecule has 0 atom stereocenters. The van der Waals surface area contributed by atoms with Crippen LogP contribution < -0.4 is 10.6 Å². The molecule has 1 aromatic carbocycles. The van der Waals surface area contributed by atoms with Crippen LogP contribution in [0.5, 0.6) is 0 Å². The summed E-state index contributed by atoms with van der Waals surface area (Å²) in [6, 6.07) is 9.47. The summed E-state index contributed by atoms with van der Waals surface area (Å²) in [7, 11) is 1.69. The van der Waals surface area contributed by atoms with Gasteiger partial charge < -0.3 is 19.9 Å². The Morgan fingerprint density at radius 3 is 2.56 bits per heavy atom. The summed E-state index contributed by atoms with van der Waals surface area (Å²) >= 11 is 0. The lowest BCUT2D eigenvalue weighted by atomic mass is 10.1. The van der Waals surface area contributed by atoms with Crippen molar-refractivity contribution in [3.63, 3.8) is 0 Å². The minimum absolute atomic E-state index is 0.197. The number of rotatable bonds is 5. The Kier molecular flexibility index (Phi) is 5.07. The number of aromatic nitrogens is 1. The molecule has 6 heteroatoms. The van der Waals surface area contributed by atoms with Crippen LogP contribution in [0.1, 0.15) is 45.7 Å². The van der Waals surface area contributed by atoms with Gasteiger partial charge in [-0.15, -0.1) is 0 Å². The molecular formula is C19H23N3O3. The number of esters is 1. The molecule has 0 spiro atoms. The van der Waals surface area contributed by atoms with E-state index in [-0.39, 0.29) is 6.61 Å². The average Bonchev–Trinajstić information content (AvgIpc) is 3.03. The molecule has 2 heterocycles. The first-order valence-electron chi connectivity index (χ1n) is 8.52. The van der Waals surface area contributed by atoms with Gasteiger partial charge in [-0.2, -0.15) is 0 Å². The van der Waals surface area contributed by atoms with Crippen molar-refractivity contribution >= 4 is 17.6 Å². The van der Waals surface area contributed by atoms with Gasteiger partial charge in [-0.25, -0.2) is 4.79 Å². The molecule has 6 nitrogen and oxygen atoms in total. The molecule has 132 valence electrons. The Labute approximate surface area is 147 Å². The number of hydrogen-bond acceptors (Lipinski definition) is 4. The largest absolute Gasteiger partial charge is 0.456 e. The molecule has 1 saturated heterocycles. The molecule has 1 aliphatic heterocycles. The molecule has 25 heavy (non-hydrogen) atoms. The van der Waals surface area contributed by atoms with E-state index in [4.69, 9.17) is 10.5 Å². The van der Waals surface area contributed by atoms with Gasteiger partial charge in [-0.3, -0.25) is 4.79 Å². The van der Waals surface area contributed by atoms with E-state index >= 15 is 0 Å². The number of benzene rings is 1. The van der Waals surface area contributed by atoms with Crippen LogP contribution in [0.25, 0.3) is 0 Å². The summed E-state index contributed by atoms with van der Waals surface area (Å²) in [5.41, 5.74) is 7.97. The second-order valence-corrected chi connectivity index (χ2v) is 6.34. The van der Waals surface area contributed by atoms with Crippen LogP contribution in [-0.4, -0.2) is 29.5 Å². The lowest BCUT2D eigenvalue weighted by molar-refractivity contribution is 0.0462. The first kappa shape index (κ1) is 17.1. The predicted octanol–water partition coefficient (Wildman–Crippen LogP) is 2.47. The van der Waals surface area contributed by atoms with E-state index < -0.39 is 11.9 Å². The molecule has 0 unspecified atom stereocenters. The topological polar surface area (TPSA) is 77.6 Å². The van der Waals surface area contributed by atoms with Crippen molar-refractivity contribution in [2.75, 3.05) is 18.0 Å². The Hall–Kier alpha value is -2.76. The number of anilines is 1. The summed E-state index contributed by atoms with van der Waals surface area (Å²) in [4.78, 5) is 25.9. The van der Waals surface area contributed by atoms with E-state index in [0.717, 1.165) is 24.3 Å². The van der Waals surface area contributed by atoms with Crippen molar-refractivity contribution in [1.82, 2.24) is 4.57 Å². The van der Waals surface area contributed by atoms with Crippen molar-refractivity contribution in [1.29, 1.82) is 0 Å². The molecule has 0 saturated carbocycles. The summed E-state index contributed by atoms with van der Waals surface area (Å²) in [5.74, 6) is -1.03. The van der Waals surface area contributed by atoms with Gasteiger partial charge in [0.15, 0.2) is 0 Å². The maximum absolute atomic E-state index is 12.4. The number of ether oxygens (including phenoxy) is 1. The molecule has 1 amide bonds. The van der Waals surface area contributed by atoms with Gasteiger partial charge in [-0.05, 0) is 31.4 Å². The number of amides is 1. The van der Waals surface area contributed by atoms with Crippen LogP contribution in [0.4, 0.5) is 5.69 Å². The lowest BCUT2D eigenvalue weighted by Gasteiger charge is -2.30. The minimum Gasteiger partial charge on any atom is -0.456 e. The van der Waals surface area contributed by atoms with Crippen LogP contribution >= 0.6 is 0 Å². The highest BCUT2D eigenvalue weighted by atomic mass is 16.5. The maximum Gasteiger partial charge on any atom is 0.355 e. The Morgan fingerprint density at radius 1 is 1.16 bits per heavy atom. The van der Waals surface area contributed by atoms with Crippen LogP contribution in [0.2, 0.25) is 0 Å². The normalized spacial score (nSPS) is 14.4. The zero-order valence-electron chi connectivity index (χ0n) is 14.4. The smallest absolute Gasteiger partial charge is 0.355 e. The molecule has 0 bridgehead atoms. The Morgan fingerprint density at radius 2 is 1.88 bits per heavy atom. The third-order valence-electron chi connectivity index (χ3n) is 4.55. The maximum atomic E-state index is 12.4. The number of para-hydroxylation sites is 1. The van der Waals surface area contributed by atoms with Crippen LogP contribution in [0.3, 0.4) is 0 Å². The van der Waals surface area contributed by atoms with E-state index in [1.165, 1.54) is 31.5 Å². The standard InChI is InChI=1S/C19H23N3O3/c1-21-12-15(18(20)23)11-17(21)19(24)25-13-14-7-3-4-8-16(14)22-9-5-2-6-10-22/h3-4,7-8,11-12H,2,5-6,9-10,13H2,1H3,(H2,20,23). The van der Waals surface area contributed by atoms with Gasteiger partial charge in [0, 0.05) is 37.6 Å². The van der Waals surface area contributed by atoms with E-state index in [1.54, 1.807) is 11.6 Å². The summed E-state index contributed by atoms with van der Waals surface area (Å²) in [6.45, 7) is 2.26. The number of aryl methyl sites for hydroxylation is 1. The number of hydrogen-bond donors (Lipinski definition) is 1. The van der Waals surface area contributed by atoms with Gasteiger partial charge in [0.25, 0.3) is 0 Å². The highest BCUT2D eigenvalue weighted by Gasteiger charge is 2.18. The van der Waals surface area contributed by atoms with Crippen LogP contribution in [0.15, 0.2) is 36.5 Å². The molecule has 3 rings (SSSR count). The molecule has 2 N–H and O–H groups in total. The van der Waals surface area contributed by atoms with Gasteiger partial charge in [0.05, 0.1) is 5.56 Å². The van der Waals surface area contributed by atoms with Crippen molar-refractivity contribution in [3.8, 4) is 0 Å². The molecule has 1 fully saturated rings. The fourth-order valence-corrected chi connectivity index (χ4v) is 3.20. The number of carbonyl (C=O) groups is 2. The lowest BCUT2D eigenvalue weighted by Crippen LogP contribution is -2.30. The summed E-state index contributed by atoms with van der Waals surface area (Å²) < 4.78 is 7.04. The van der Waals surface area contributed by atoms with Gasteiger partial charge >= 0.3 is 5.97 Å². The van der Waals surface area contributed by atoms with E-state index in [9.17, 15) is 9.59 Å².